The van der Waals surface area contributed by atoms with Gasteiger partial charge in [0.15, 0.2) is 0 Å². The lowest BCUT2D eigenvalue weighted by Crippen LogP contribution is -2.18. The lowest BCUT2D eigenvalue weighted by atomic mass is 9.78. The van der Waals surface area contributed by atoms with Gasteiger partial charge in [-0.2, -0.15) is 0 Å². The van der Waals surface area contributed by atoms with Crippen molar-refractivity contribution in [3.05, 3.63) is 83.9 Å². The van der Waals surface area contributed by atoms with Crippen molar-refractivity contribution >= 4 is 12.2 Å². The maximum atomic E-state index is 2.49. The van der Waals surface area contributed by atoms with Crippen molar-refractivity contribution in [3.63, 3.8) is 0 Å². The molecule has 0 amide bonds. The Kier molecular flexibility index (Phi) is 4.15. The number of benzene rings is 2. The van der Waals surface area contributed by atoms with Crippen molar-refractivity contribution in [1.82, 2.24) is 0 Å². The summed E-state index contributed by atoms with van der Waals surface area (Å²) in [5, 5.41) is 0. The Morgan fingerprint density at radius 1 is 0.609 bits per heavy atom. The Bertz CT molecular complexity index is 619. The number of fused-ring (bicyclic) bond motifs is 2. The fourth-order valence-corrected chi connectivity index (χ4v) is 4.52. The molecule has 0 saturated heterocycles. The SMILES string of the molecule is C(=C\[C@@H]1[C@H]2CC[C@H](C2)[C@@H]1/C=C/c1ccccc1)/c1ccccc1. The minimum Gasteiger partial charge on any atom is -0.0799 e. The molecule has 23 heavy (non-hydrogen) atoms. The third-order valence-electron chi connectivity index (χ3n) is 5.67. The summed E-state index contributed by atoms with van der Waals surface area (Å²) in [5.74, 6) is 3.22. The van der Waals surface area contributed by atoms with Gasteiger partial charge >= 0.3 is 0 Å². The van der Waals surface area contributed by atoms with Crippen LogP contribution in [0.1, 0.15) is 30.4 Å². The number of allylic oxidation sites excluding steroid dienone is 2. The van der Waals surface area contributed by atoms with E-state index in [1.807, 2.05) is 0 Å². The third kappa shape index (κ3) is 3.17. The smallest absolute Gasteiger partial charge is 0.0136 e. The largest absolute Gasteiger partial charge is 0.0799 e. The van der Waals surface area contributed by atoms with E-state index < -0.39 is 0 Å². The Hall–Kier alpha value is -2.08. The van der Waals surface area contributed by atoms with Crippen LogP contribution in [0.5, 0.6) is 0 Å². The summed E-state index contributed by atoms with van der Waals surface area (Å²) in [5.41, 5.74) is 2.64. The highest BCUT2D eigenvalue weighted by atomic mass is 14.5. The van der Waals surface area contributed by atoms with Crippen LogP contribution in [0.2, 0.25) is 0 Å². The second kappa shape index (κ2) is 6.58. The minimum atomic E-state index is 0.717. The van der Waals surface area contributed by atoms with Gasteiger partial charge in [0, 0.05) is 0 Å². The molecule has 2 saturated carbocycles. The molecule has 0 spiro atoms. The van der Waals surface area contributed by atoms with Gasteiger partial charge in [0.1, 0.15) is 0 Å². The highest BCUT2D eigenvalue weighted by Gasteiger charge is 2.44. The fourth-order valence-electron chi connectivity index (χ4n) is 4.52. The Morgan fingerprint density at radius 2 is 1.04 bits per heavy atom. The molecule has 2 aliphatic carbocycles. The van der Waals surface area contributed by atoms with Gasteiger partial charge in [-0.05, 0) is 54.1 Å². The zero-order valence-electron chi connectivity index (χ0n) is 13.5. The first-order valence-corrected chi connectivity index (χ1v) is 8.87. The quantitative estimate of drug-likeness (QED) is 0.642. The van der Waals surface area contributed by atoms with E-state index in [9.17, 15) is 0 Å². The molecule has 4 rings (SSSR count). The van der Waals surface area contributed by atoms with Crippen molar-refractivity contribution in [1.29, 1.82) is 0 Å². The molecule has 0 heterocycles. The van der Waals surface area contributed by atoms with Gasteiger partial charge in [0.2, 0.25) is 0 Å². The second-order valence-corrected chi connectivity index (χ2v) is 7.03. The van der Waals surface area contributed by atoms with E-state index in [2.05, 4.69) is 85.0 Å². The van der Waals surface area contributed by atoms with Crippen LogP contribution in [0.4, 0.5) is 0 Å². The summed E-state index contributed by atoms with van der Waals surface area (Å²) < 4.78 is 0. The topological polar surface area (TPSA) is 0 Å². The first-order chi connectivity index (χ1) is 11.4. The zero-order valence-corrected chi connectivity index (χ0v) is 13.5. The molecule has 0 radical (unpaired) electrons. The Balaban J connectivity index is 1.53. The van der Waals surface area contributed by atoms with Crippen molar-refractivity contribution in [2.75, 3.05) is 0 Å². The number of rotatable bonds is 4. The van der Waals surface area contributed by atoms with Crippen LogP contribution in [0.3, 0.4) is 0 Å². The first kappa shape index (κ1) is 14.5. The zero-order chi connectivity index (χ0) is 15.5. The second-order valence-electron chi connectivity index (χ2n) is 7.03. The van der Waals surface area contributed by atoms with Crippen LogP contribution in [-0.4, -0.2) is 0 Å². The Labute approximate surface area is 139 Å². The number of hydrogen-bond acceptors (Lipinski definition) is 0. The summed E-state index contributed by atoms with van der Waals surface area (Å²) in [6, 6.07) is 21.4. The standard InChI is InChI=1S/C23H24/c1-3-7-18(8-4-1)11-15-22-20-13-14-21(17-20)23(22)16-12-19-9-5-2-6-10-19/h1-12,15-16,20-23H,13-14,17H2/b15-11+,16-12+/t20-,21+,22+,23-. The predicted molar refractivity (Wildman–Crippen MR) is 98.8 cm³/mol. The third-order valence-corrected chi connectivity index (χ3v) is 5.67. The van der Waals surface area contributed by atoms with E-state index in [0.29, 0.717) is 11.8 Å². The molecule has 0 aromatic heterocycles. The molecule has 2 fully saturated rings. The lowest BCUT2D eigenvalue weighted by molar-refractivity contribution is 0.320. The molecule has 2 aliphatic rings. The molecule has 4 atom stereocenters. The van der Waals surface area contributed by atoms with E-state index >= 15 is 0 Å². The van der Waals surface area contributed by atoms with Crippen molar-refractivity contribution in [3.8, 4) is 0 Å². The molecular formula is C23H24. The monoisotopic (exact) mass is 300 g/mol. The van der Waals surface area contributed by atoms with E-state index in [1.54, 1.807) is 0 Å². The van der Waals surface area contributed by atoms with Crippen molar-refractivity contribution in [2.45, 2.75) is 19.3 Å². The average molecular weight is 300 g/mol. The van der Waals surface area contributed by atoms with Gasteiger partial charge in [0.25, 0.3) is 0 Å². The van der Waals surface area contributed by atoms with E-state index in [1.165, 1.54) is 30.4 Å². The van der Waals surface area contributed by atoms with Crippen LogP contribution in [-0.2, 0) is 0 Å². The van der Waals surface area contributed by atoms with Crippen LogP contribution >= 0.6 is 0 Å². The maximum Gasteiger partial charge on any atom is -0.0136 e. The minimum absolute atomic E-state index is 0.717. The molecular weight excluding hydrogens is 276 g/mol. The molecule has 0 unspecified atom stereocenters. The average Bonchev–Trinajstić information content (AvgIpc) is 3.21. The normalized spacial score (nSPS) is 29.7. The van der Waals surface area contributed by atoms with Gasteiger partial charge in [-0.3, -0.25) is 0 Å². The highest BCUT2D eigenvalue weighted by Crippen LogP contribution is 2.53. The van der Waals surface area contributed by atoms with Crippen molar-refractivity contribution in [2.24, 2.45) is 23.7 Å². The Morgan fingerprint density at radius 3 is 1.48 bits per heavy atom. The fraction of sp³-hybridized carbons (Fsp3) is 0.304. The summed E-state index contributed by atoms with van der Waals surface area (Å²) >= 11 is 0. The van der Waals surface area contributed by atoms with Crippen LogP contribution < -0.4 is 0 Å². The van der Waals surface area contributed by atoms with Gasteiger partial charge < -0.3 is 0 Å². The predicted octanol–water partition coefficient (Wildman–Crippen LogP) is 6.08. The van der Waals surface area contributed by atoms with Crippen LogP contribution in [0.25, 0.3) is 12.2 Å². The van der Waals surface area contributed by atoms with Gasteiger partial charge in [-0.25, -0.2) is 0 Å². The van der Waals surface area contributed by atoms with E-state index in [4.69, 9.17) is 0 Å². The van der Waals surface area contributed by atoms with Gasteiger partial charge in [0.05, 0.1) is 0 Å². The first-order valence-electron chi connectivity index (χ1n) is 8.87. The molecule has 2 aromatic rings. The molecule has 2 bridgehead atoms. The molecule has 2 aromatic carbocycles. The van der Waals surface area contributed by atoms with E-state index in [-0.39, 0.29) is 0 Å². The molecule has 0 N–H and O–H groups in total. The summed E-state index contributed by atoms with van der Waals surface area (Å²) in [7, 11) is 0. The molecule has 116 valence electrons. The molecule has 0 heteroatoms. The molecule has 0 aliphatic heterocycles. The summed E-state index contributed by atoms with van der Waals surface area (Å²) in [4.78, 5) is 0. The lowest BCUT2D eigenvalue weighted by Gasteiger charge is -2.26. The van der Waals surface area contributed by atoms with Crippen LogP contribution in [0, 0.1) is 23.7 Å². The van der Waals surface area contributed by atoms with Gasteiger partial charge in [-0.1, -0.05) is 85.0 Å². The van der Waals surface area contributed by atoms with Crippen LogP contribution in [0.15, 0.2) is 72.8 Å². The summed E-state index contributed by atoms with van der Waals surface area (Å²) in [6.45, 7) is 0. The molecule has 0 nitrogen and oxygen atoms in total. The van der Waals surface area contributed by atoms with E-state index in [0.717, 1.165) is 11.8 Å². The summed E-state index contributed by atoms with van der Waals surface area (Å²) in [6.07, 6.45) is 13.9. The van der Waals surface area contributed by atoms with Crippen molar-refractivity contribution < 1.29 is 0 Å². The number of hydrogen-bond donors (Lipinski definition) is 0. The highest BCUT2D eigenvalue weighted by molar-refractivity contribution is 5.51. The maximum absolute atomic E-state index is 2.49. The van der Waals surface area contributed by atoms with Gasteiger partial charge in [-0.15, -0.1) is 0 Å².